The summed E-state index contributed by atoms with van der Waals surface area (Å²) in [6.45, 7) is -4.17. The van der Waals surface area contributed by atoms with Crippen LogP contribution in [-0.2, 0) is 4.57 Å². The van der Waals surface area contributed by atoms with Crippen LogP contribution < -0.4 is 0 Å². The lowest BCUT2D eigenvalue weighted by atomic mass is 10.2. The molecule has 0 saturated heterocycles. The maximum atomic E-state index is 10.3. The minimum atomic E-state index is -4.17. The summed E-state index contributed by atoms with van der Waals surface area (Å²) in [4.78, 5) is 25.1. The highest BCUT2D eigenvalue weighted by molar-refractivity contribution is 7.79. The van der Waals surface area contributed by atoms with Crippen molar-refractivity contribution in [2.24, 2.45) is 0 Å². The van der Waals surface area contributed by atoms with Crippen LogP contribution in [0.3, 0.4) is 0 Å². The Morgan fingerprint density at radius 3 is 1.93 bits per heavy atom. The van der Waals surface area contributed by atoms with E-state index >= 15 is 0 Å². The number of rotatable bonds is 1. The molecule has 0 bridgehead atoms. The number of aromatic hydroxyl groups is 1. The minimum Gasteiger partial charge on any atom is -0.507 e. The zero-order valence-corrected chi connectivity index (χ0v) is 8.89. The first-order valence-electron chi connectivity index (χ1n) is 3.48. The molecule has 0 aliphatic carbocycles. The highest BCUT2D eigenvalue weighted by atomic mass is 35.7. The Bertz CT molecular complexity index is 379. The predicted octanol–water partition coefficient (Wildman–Crippen LogP) is 1.41. The van der Waals surface area contributed by atoms with Crippen molar-refractivity contribution in [3.63, 3.8) is 0 Å². The highest BCUT2D eigenvalue weighted by Gasteiger charge is 2.05. The summed E-state index contributed by atoms with van der Waals surface area (Å²) in [6, 6.07) is 5.81. The average molecular weight is 255 g/mol. The van der Waals surface area contributed by atoms with E-state index in [1.807, 2.05) is 0 Å². The molecule has 0 atom stereocenters. The fraction of sp³-hybridized carbons (Fsp3) is 0. The van der Waals surface area contributed by atoms with Gasteiger partial charge in [0.05, 0.1) is 0 Å². The van der Waals surface area contributed by atoms with Gasteiger partial charge in [0.2, 0.25) is 0 Å². The molecule has 0 aromatic heterocycles. The number of halogens is 1. The highest BCUT2D eigenvalue weighted by Crippen LogP contribution is 2.39. The Morgan fingerprint density at radius 1 is 1.27 bits per heavy atom. The van der Waals surface area contributed by atoms with E-state index in [4.69, 9.17) is 24.6 Å². The molecule has 1 aromatic carbocycles. The Hall–Kier alpha value is -1.07. The van der Waals surface area contributed by atoms with E-state index in [1.165, 1.54) is 12.1 Å². The fourth-order valence-electron chi connectivity index (χ4n) is 0.654. The van der Waals surface area contributed by atoms with Gasteiger partial charge in [-0.1, -0.05) is 12.1 Å². The standard InChI is InChI=1S/C7H6O3.ClH2O3P/c8-6-4-2-1-3-5(6)7(9)10;1-5(2,3)4/h1-4,8H,(H,9,10);(H2,2,3,4). The molecule has 0 fully saturated rings. The van der Waals surface area contributed by atoms with Gasteiger partial charge in [-0.2, -0.15) is 0 Å². The Balaban J connectivity index is 0.000000336. The molecule has 15 heavy (non-hydrogen) atoms. The monoisotopic (exact) mass is 254 g/mol. The van der Waals surface area contributed by atoms with Crippen LogP contribution in [0.5, 0.6) is 5.75 Å². The van der Waals surface area contributed by atoms with Crippen LogP contribution in [0.1, 0.15) is 10.4 Å². The van der Waals surface area contributed by atoms with Crippen LogP contribution in [0.25, 0.3) is 0 Å². The molecule has 0 radical (unpaired) electrons. The van der Waals surface area contributed by atoms with Gasteiger partial charge in [0.15, 0.2) is 0 Å². The molecular weight excluding hydrogens is 246 g/mol. The first kappa shape index (κ1) is 13.9. The number of carboxylic acid groups (broad SMARTS) is 1. The SMILES string of the molecule is O=C(O)c1ccccc1O.O=P(O)(O)Cl. The largest absolute Gasteiger partial charge is 0.507 e. The topological polar surface area (TPSA) is 115 Å². The van der Waals surface area contributed by atoms with Gasteiger partial charge in [-0.15, -0.1) is 0 Å². The van der Waals surface area contributed by atoms with Crippen molar-refractivity contribution in [2.75, 3.05) is 0 Å². The number of carboxylic acids is 1. The first-order chi connectivity index (χ1) is 6.72. The number of benzene rings is 1. The summed E-state index contributed by atoms with van der Waals surface area (Å²) < 4.78 is 9.09. The lowest BCUT2D eigenvalue weighted by Crippen LogP contribution is -1.95. The van der Waals surface area contributed by atoms with Crippen LogP contribution in [0.15, 0.2) is 24.3 Å². The quantitative estimate of drug-likeness (QED) is 0.563. The van der Waals surface area contributed by atoms with E-state index in [2.05, 4.69) is 11.2 Å². The van der Waals surface area contributed by atoms with Crippen molar-refractivity contribution >= 4 is 24.2 Å². The van der Waals surface area contributed by atoms with Gasteiger partial charge in [0, 0.05) is 11.2 Å². The Labute approximate surface area is 89.7 Å². The maximum absolute atomic E-state index is 10.3. The number of para-hydroxylation sites is 1. The molecule has 0 aliphatic heterocycles. The number of phenols is 1. The Morgan fingerprint density at radius 2 is 1.67 bits per heavy atom. The zero-order chi connectivity index (χ0) is 12.1. The number of carbonyl (C=O) groups is 1. The van der Waals surface area contributed by atoms with Crippen molar-refractivity contribution < 1.29 is 29.4 Å². The van der Waals surface area contributed by atoms with Gasteiger partial charge < -0.3 is 20.0 Å². The number of hydrogen-bond donors (Lipinski definition) is 4. The molecule has 84 valence electrons. The van der Waals surface area contributed by atoms with Crippen molar-refractivity contribution in [3.05, 3.63) is 29.8 Å². The molecule has 8 heteroatoms. The molecule has 1 rings (SSSR count). The normalized spacial score (nSPS) is 10.1. The van der Waals surface area contributed by atoms with E-state index in [0.29, 0.717) is 0 Å². The zero-order valence-electron chi connectivity index (χ0n) is 7.24. The third kappa shape index (κ3) is 7.96. The molecule has 0 amide bonds. The molecule has 0 spiro atoms. The maximum Gasteiger partial charge on any atom is 0.419 e. The number of aromatic carboxylic acids is 1. The van der Waals surface area contributed by atoms with Crippen molar-refractivity contribution in [3.8, 4) is 5.75 Å². The summed E-state index contributed by atoms with van der Waals surface area (Å²) in [5.41, 5.74) is -0.0671. The molecular formula is C7H8ClO6P. The summed E-state index contributed by atoms with van der Waals surface area (Å²) in [5, 5.41) is 17.3. The van der Waals surface area contributed by atoms with E-state index in [1.54, 1.807) is 12.1 Å². The molecule has 0 saturated carbocycles. The summed E-state index contributed by atoms with van der Waals surface area (Å²) >= 11 is 4.20. The summed E-state index contributed by atoms with van der Waals surface area (Å²) in [7, 11) is 0. The lowest BCUT2D eigenvalue weighted by molar-refractivity contribution is 0.0693. The Kier molecular flexibility index (Phi) is 5.32. The van der Waals surface area contributed by atoms with Gasteiger partial charge >= 0.3 is 12.9 Å². The summed E-state index contributed by atoms with van der Waals surface area (Å²) in [5.74, 6) is -1.31. The van der Waals surface area contributed by atoms with E-state index in [9.17, 15) is 4.79 Å². The van der Waals surface area contributed by atoms with E-state index in [-0.39, 0.29) is 11.3 Å². The van der Waals surface area contributed by atoms with Crippen LogP contribution in [-0.4, -0.2) is 26.0 Å². The second-order valence-electron chi connectivity index (χ2n) is 2.30. The molecule has 1 aromatic rings. The predicted molar refractivity (Wildman–Crippen MR) is 53.0 cm³/mol. The second kappa shape index (κ2) is 5.72. The van der Waals surface area contributed by atoms with Crippen molar-refractivity contribution in [1.82, 2.24) is 0 Å². The van der Waals surface area contributed by atoms with Crippen LogP contribution in [0.4, 0.5) is 0 Å². The van der Waals surface area contributed by atoms with Crippen LogP contribution in [0, 0.1) is 0 Å². The van der Waals surface area contributed by atoms with Crippen LogP contribution >= 0.6 is 18.2 Å². The van der Waals surface area contributed by atoms with E-state index in [0.717, 1.165) is 0 Å². The molecule has 0 aliphatic rings. The number of hydrogen-bond acceptors (Lipinski definition) is 3. The lowest BCUT2D eigenvalue weighted by Gasteiger charge is -1.95. The third-order valence-corrected chi connectivity index (χ3v) is 1.13. The molecule has 0 heterocycles. The van der Waals surface area contributed by atoms with Crippen LogP contribution in [0.2, 0.25) is 0 Å². The van der Waals surface area contributed by atoms with E-state index < -0.39 is 12.9 Å². The van der Waals surface area contributed by atoms with Crippen molar-refractivity contribution in [1.29, 1.82) is 0 Å². The molecule has 4 N–H and O–H groups in total. The van der Waals surface area contributed by atoms with Gasteiger partial charge in [0.25, 0.3) is 0 Å². The van der Waals surface area contributed by atoms with Gasteiger partial charge in [-0.3, -0.25) is 0 Å². The second-order valence-corrected chi connectivity index (χ2v) is 4.56. The van der Waals surface area contributed by atoms with Gasteiger partial charge in [-0.25, -0.2) is 9.36 Å². The van der Waals surface area contributed by atoms with Gasteiger partial charge in [0.1, 0.15) is 11.3 Å². The molecule has 0 unspecified atom stereocenters. The van der Waals surface area contributed by atoms with Crippen molar-refractivity contribution in [2.45, 2.75) is 0 Å². The fourth-order valence-corrected chi connectivity index (χ4v) is 0.654. The molecule has 6 nitrogen and oxygen atoms in total. The van der Waals surface area contributed by atoms with Gasteiger partial charge in [-0.05, 0) is 12.1 Å². The first-order valence-corrected chi connectivity index (χ1v) is 6.00. The minimum absolute atomic E-state index is 0.0671. The smallest absolute Gasteiger partial charge is 0.419 e. The average Bonchev–Trinajstić information content (AvgIpc) is 2.01. The third-order valence-electron chi connectivity index (χ3n) is 1.13. The summed E-state index contributed by atoms with van der Waals surface area (Å²) in [6.07, 6.45) is 0.